The number of hydrogen-bond donors (Lipinski definition) is 2. The van der Waals surface area contributed by atoms with Crippen molar-refractivity contribution in [3.8, 4) is 0 Å². The number of nitrogens with zero attached hydrogens (tertiary/aromatic N) is 1. The molecule has 1 aliphatic heterocycles. The molecule has 8 heteroatoms. The quantitative estimate of drug-likeness (QED) is 0.802. The highest BCUT2D eigenvalue weighted by Crippen LogP contribution is 2.39. The van der Waals surface area contributed by atoms with Crippen molar-refractivity contribution in [1.82, 2.24) is 0 Å². The summed E-state index contributed by atoms with van der Waals surface area (Å²) >= 11 is 1.09. The molecule has 0 aliphatic carbocycles. The van der Waals surface area contributed by atoms with Crippen molar-refractivity contribution in [3.63, 3.8) is 0 Å². The molecule has 2 amide bonds. The molecule has 134 valence electrons. The summed E-state index contributed by atoms with van der Waals surface area (Å²) in [7, 11) is 0. The zero-order valence-electron chi connectivity index (χ0n) is 14.1. The Morgan fingerprint density at radius 3 is 2.60 bits per heavy atom. The summed E-state index contributed by atoms with van der Waals surface area (Å²) in [5, 5.41) is 11.8. The minimum absolute atomic E-state index is 0.0360. The van der Waals surface area contributed by atoms with Crippen LogP contribution in [0.5, 0.6) is 0 Å². The first-order valence-corrected chi connectivity index (χ1v) is 8.83. The molecule has 2 rings (SSSR count). The van der Waals surface area contributed by atoms with Gasteiger partial charge in [0.1, 0.15) is 0 Å². The standard InChI is InChI=1S/C17H20N2O5S/c1-10(20)19-9-12(7-17(23)24)14-8-13(3-4-15(14)19)18-16(22)5-6-25-11(2)21/h3-4,8,12H,5-7,9H2,1-2H3,(H,18,22)(H,23,24). The Hall–Kier alpha value is -2.35. The molecule has 1 aromatic carbocycles. The number of anilines is 2. The van der Waals surface area contributed by atoms with Crippen LogP contribution in [0, 0.1) is 0 Å². The van der Waals surface area contributed by atoms with Crippen molar-refractivity contribution in [1.29, 1.82) is 0 Å². The Kier molecular flexibility index (Phi) is 6.19. The number of nitrogens with one attached hydrogen (secondary N) is 1. The summed E-state index contributed by atoms with van der Waals surface area (Å²) in [6, 6.07) is 5.13. The summed E-state index contributed by atoms with van der Waals surface area (Å²) in [4.78, 5) is 47.2. The number of hydrogen-bond acceptors (Lipinski definition) is 5. The van der Waals surface area contributed by atoms with Gasteiger partial charge >= 0.3 is 5.97 Å². The van der Waals surface area contributed by atoms with Crippen molar-refractivity contribution in [3.05, 3.63) is 23.8 Å². The van der Waals surface area contributed by atoms with Gasteiger partial charge < -0.3 is 15.3 Å². The van der Waals surface area contributed by atoms with Crippen LogP contribution in [0.25, 0.3) is 0 Å². The third-order valence-electron chi connectivity index (χ3n) is 3.88. The number of carboxylic acid groups (broad SMARTS) is 1. The smallest absolute Gasteiger partial charge is 0.304 e. The highest BCUT2D eigenvalue weighted by Gasteiger charge is 2.32. The number of aliphatic carboxylic acids is 1. The second-order valence-electron chi connectivity index (χ2n) is 5.84. The predicted octanol–water partition coefficient (Wildman–Crippen LogP) is 2.22. The van der Waals surface area contributed by atoms with Crippen LogP contribution in [0.2, 0.25) is 0 Å². The highest BCUT2D eigenvalue weighted by molar-refractivity contribution is 8.13. The number of thioether (sulfide) groups is 1. The number of carbonyl (C=O) groups excluding carboxylic acids is 3. The molecule has 1 aliphatic rings. The van der Waals surface area contributed by atoms with E-state index in [1.54, 1.807) is 23.1 Å². The number of benzene rings is 1. The first kappa shape index (κ1) is 19.0. The lowest BCUT2D eigenvalue weighted by molar-refractivity contribution is -0.137. The SMILES string of the molecule is CC(=O)SCCC(=O)Nc1ccc2c(c1)C(CC(=O)O)CN2C(C)=O. The molecule has 1 unspecified atom stereocenters. The average Bonchev–Trinajstić information content (AvgIpc) is 2.84. The van der Waals surface area contributed by atoms with E-state index in [4.69, 9.17) is 5.11 Å². The molecule has 0 radical (unpaired) electrons. The third kappa shape index (κ3) is 5.06. The fourth-order valence-corrected chi connectivity index (χ4v) is 3.39. The Morgan fingerprint density at radius 1 is 1.28 bits per heavy atom. The molecular formula is C17H20N2O5S. The van der Waals surface area contributed by atoms with Crippen LogP contribution in [0.3, 0.4) is 0 Å². The van der Waals surface area contributed by atoms with Crippen molar-refractivity contribution in [2.24, 2.45) is 0 Å². The summed E-state index contributed by atoms with van der Waals surface area (Å²) in [6.45, 7) is 3.21. The van der Waals surface area contributed by atoms with Gasteiger partial charge in [-0.05, 0) is 23.8 Å². The topological polar surface area (TPSA) is 104 Å². The highest BCUT2D eigenvalue weighted by atomic mass is 32.2. The molecule has 0 bridgehead atoms. The fraction of sp³-hybridized carbons (Fsp3) is 0.412. The second kappa shape index (κ2) is 8.15. The van der Waals surface area contributed by atoms with Crippen LogP contribution in [0.1, 0.15) is 38.2 Å². The van der Waals surface area contributed by atoms with Crippen molar-refractivity contribution in [2.75, 3.05) is 22.5 Å². The minimum atomic E-state index is -0.933. The fourth-order valence-electron chi connectivity index (χ4n) is 2.82. The van der Waals surface area contributed by atoms with E-state index >= 15 is 0 Å². The van der Waals surface area contributed by atoms with Crippen LogP contribution in [0.15, 0.2) is 18.2 Å². The van der Waals surface area contributed by atoms with Crippen LogP contribution in [0.4, 0.5) is 11.4 Å². The van der Waals surface area contributed by atoms with Gasteiger partial charge in [0.2, 0.25) is 11.8 Å². The predicted molar refractivity (Wildman–Crippen MR) is 95.8 cm³/mol. The lowest BCUT2D eigenvalue weighted by Gasteiger charge is -2.15. The van der Waals surface area contributed by atoms with Gasteiger partial charge in [0.15, 0.2) is 5.12 Å². The van der Waals surface area contributed by atoms with E-state index in [2.05, 4.69) is 5.32 Å². The van der Waals surface area contributed by atoms with Crippen molar-refractivity contribution < 1.29 is 24.3 Å². The van der Waals surface area contributed by atoms with Gasteiger partial charge in [0.25, 0.3) is 0 Å². The Bertz CT molecular complexity index is 719. The number of amides is 2. The van der Waals surface area contributed by atoms with Gasteiger partial charge in [-0.25, -0.2) is 0 Å². The molecule has 0 spiro atoms. The lowest BCUT2D eigenvalue weighted by atomic mass is 9.97. The van der Waals surface area contributed by atoms with E-state index in [0.717, 1.165) is 17.3 Å². The Morgan fingerprint density at radius 2 is 2.00 bits per heavy atom. The summed E-state index contributed by atoms with van der Waals surface area (Å²) < 4.78 is 0. The Labute approximate surface area is 149 Å². The largest absolute Gasteiger partial charge is 0.481 e. The maximum atomic E-state index is 11.9. The van der Waals surface area contributed by atoms with Crippen molar-refractivity contribution >= 4 is 46.0 Å². The molecule has 0 aromatic heterocycles. The van der Waals surface area contributed by atoms with Gasteiger partial charge in [-0.15, -0.1) is 0 Å². The molecule has 0 saturated heterocycles. The zero-order valence-corrected chi connectivity index (χ0v) is 14.9. The maximum Gasteiger partial charge on any atom is 0.304 e. The molecule has 0 saturated carbocycles. The van der Waals surface area contributed by atoms with E-state index in [1.807, 2.05) is 0 Å². The van der Waals surface area contributed by atoms with Gasteiger partial charge in [-0.1, -0.05) is 11.8 Å². The first-order valence-electron chi connectivity index (χ1n) is 7.85. The molecule has 1 heterocycles. The first-order chi connectivity index (χ1) is 11.8. The monoisotopic (exact) mass is 364 g/mol. The van der Waals surface area contributed by atoms with Gasteiger partial charge in [0, 0.05) is 49.9 Å². The van der Waals surface area contributed by atoms with Crippen molar-refractivity contribution in [2.45, 2.75) is 32.6 Å². The summed E-state index contributed by atoms with van der Waals surface area (Å²) in [5.41, 5.74) is 1.98. The van der Waals surface area contributed by atoms with Gasteiger partial charge in [-0.2, -0.15) is 0 Å². The van der Waals surface area contributed by atoms with E-state index in [0.29, 0.717) is 23.7 Å². The van der Waals surface area contributed by atoms with E-state index in [9.17, 15) is 19.2 Å². The lowest BCUT2D eigenvalue weighted by Crippen LogP contribution is -2.27. The minimum Gasteiger partial charge on any atom is -0.481 e. The molecule has 25 heavy (non-hydrogen) atoms. The molecule has 0 fully saturated rings. The number of fused-ring (bicyclic) bond motifs is 1. The normalized spacial score (nSPS) is 15.6. The van der Waals surface area contributed by atoms with Gasteiger partial charge in [-0.3, -0.25) is 19.2 Å². The number of carbonyl (C=O) groups is 4. The molecule has 1 aromatic rings. The van der Waals surface area contributed by atoms with E-state index in [-0.39, 0.29) is 35.7 Å². The molecule has 7 nitrogen and oxygen atoms in total. The van der Waals surface area contributed by atoms with E-state index < -0.39 is 5.97 Å². The molecule has 2 N–H and O–H groups in total. The van der Waals surface area contributed by atoms with Crippen LogP contribution >= 0.6 is 11.8 Å². The van der Waals surface area contributed by atoms with E-state index in [1.165, 1.54) is 13.8 Å². The van der Waals surface area contributed by atoms with Gasteiger partial charge in [0.05, 0.1) is 6.42 Å². The maximum absolute atomic E-state index is 11.9. The average molecular weight is 364 g/mol. The second-order valence-corrected chi connectivity index (χ2v) is 7.11. The molecular weight excluding hydrogens is 344 g/mol. The zero-order chi connectivity index (χ0) is 18.6. The number of carboxylic acids is 1. The van der Waals surface area contributed by atoms with Crippen LogP contribution < -0.4 is 10.2 Å². The number of rotatable bonds is 6. The summed E-state index contributed by atoms with van der Waals surface area (Å²) in [6.07, 6.45) is 0.128. The third-order valence-corrected chi connectivity index (χ3v) is 4.70. The Balaban J connectivity index is 2.13. The van der Waals surface area contributed by atoms with Crippen LogP contribution in [-0.2, 0) is 19.2 Å². The summed E-state index contributed by atoms with van der Waals surface area (Å²) in [5.74, 6) is -1.19. The van der Waals surface area contributed by atoms with Crippen LogP contribution in [-0.4, -0.2) is 40.3 Å². The molecule has 1 atom stereocenters.